The molecule has 83 heavy (non-hydrogen) atoms. The fourth-order valence-corrected chi connectivity index (χ4v) is 11.9. The van der Waals surface area contributed by atoms with E-state index in [1.54, 1.807) is 6.08 Å². The number of carbonyl (C=O) groups excluding carboxylic acids is 5. The van der Waals surface area contributed by atoms with Crippen LogP contribution in [-0.2, 0) is 47.7 Å². The van der Waals surface area contributed by atoms with Gasteiger partial charge in [-0.2, -0.15) is 0 Å². The van der Waals surface area contributed by atoms with Gasteiger partial charge in [-0.1, -0.05) is 92.4 Å². The quantitative estimate of drug-likeness (QED) is 0.0146. The number of carbonyl (C=O) groups is 5. The second-order valence-electron chi connectivity index (χ2n) is 23.2. The van der Waals surface area contributed by atoms with Crippen molar-refractivity contribution in [2.75, 3.05) is 110 Å². The van der Waals surface area contributed by atoms with Gasteiger partial charge in [-0.3, -0.25) is 43.6 Å². The fourth-order valence-electron chi connectivity index (χ4n) is 9.73. The molecule has 0 radical (unpaired) electrons. The van der Waals surface area contributed by atoms with Crippen LogP contribution in [0.3, 0.4) is 0 Å². The first-order valence-electron chi connectivity index (χ1n) is 32.3. The monoisotopic (exact) mass is 1220 g/mol. The summed E-state index contributed by atoms with van der Waals surface area (Å²) in [4.78, 5) is 69.5. The van der Waals surface area contributed by atoms with Gasteiger partial charge in [0.15, 0.2) is 0 Å². The summed E-state index contributed by atoms with van der Waals surface area (Å²) in [6.45, 7) is 23.1. The van der Waals surface area contributed by atoms with Crippen molar-refractivity contribution in [2.24, 2.45) is 0 Å². The lowest BCUT2D eigenvalue weighted by atomic mass is 10.1. The van der Waals surface area contributed by atoms with Crippen molar-refractivity contribution >= 4 is 51.4 Å². The van der Waals surface area contributed by atoms with E-state index in [4.69, 9.17) is 23.7 Å². The van der Waals surface area contributed by atoms with Gasteiger partial charge in [-0.15, -0.1) is 6.58 Å². The Hall–Kier alpha value is -2.53. The molecule has 0 aliphatic carbocycles. The third kappa shape index (κ3) is 50.2. The molecule has 1 heterocycles. The summed E-state index contributed by atoms with van der Waals surface area (Å²) >= 11 is 0. The summed E-state index contributed by atoms with van der Waals surface area (Å²) in [5.41, 5.74) is 0. The molecule has 20 heteroatoms. The molecule has 4 N–H and O–H groups in total. The lowest BCUT2D eigenvalue weighted by molar-refractivity contribution is -0.148. The summed E-state index contributed by atoms with van der Waals surface area (Å²) in [5, 5.41) is 43.8. The zero-order valence-corrected chi connectivity index (χ0v) is 54.2. The molecule has 1 saturated heterocycles. The molecule has 18 nitrogen and oxygen atoms in total. The molecule has 486 valence electrons. The average Bonchev–Trinajstić information content (AvgIpc) is 3.43. The molecule has 0 aromatic rings. The number of aliphatic hydroxyl groups excluding tert-OH is 4. The van der Waals surface area contributed by atoms with Crippen molar-refractivity contribution < 1.29 is 68.1 Å². The maximum Gasteiger partial charge on any atom is 0.306 e. The first kappa shape index (κ1) is 78.5. The number of aliphatic hydroxyl groups is 4. The third-order valence-electron chi connectivity index (χ3n) is 14.4. The van der Waals surface area contributed by atoms with Crippen LogP contribution >= 0.6 is 21.6 Å². The molecular formula is C63H118N4O14S2. The van der Waals surface area contributed by atoms with Crippen LogP contribution in [-0.4, -0.2) is 216 Å². The van der Waals surface area contributed by atoms with Gasteiger partial charge in [0.25, 0.3) is 0 Å². The number of hydrogen-bond acceptors (Lipinski definition) is 20. The Kier molecular flexibility index (Phi) is 50.8. The Bertz CT molecular complexity index is 1590. The van der Waals surface area contributed by atoms with Gasteiger partial charge in [-0.25, -0.2) is 0 Å². The van der Waals surface area contributed by atoms with Crippen molar-refractivity contribution in [1.29, 1.82) is 0 Å². The highest BCUT2D eigenvalue weighted by atomic mass is 33.1. The minimum atomic E-state index is -0.552. The van der Waals surface area contributed by atoms with E-state index in [0.29, 0.717) is 143 Å². The van der Waals surface area contributed by atoms with Crippen molar-refractivity contribution in [3.8, 4) is 0 Å². The normalized spacial score (nSPS) is 14.7. The maximum atomic E-state index is 12.8. The van der Waals surface area contributed by atoms with Crippen LogP contribution < -0.4 is 0 Å². The Morgan fingerprint density at radius 2 is 0.819 bits per heavy atom. The van der Waals surface area contributed by atoms with Gasteiger partial charge < -0.3 is 44.1 Å². The Labute approximate surface area is 510 Å². The number of piperazine rings is 1. The third-order valence-corrected chi connectivity index (χ3v) is 16.9. The van der Waals surface area contributed by atoms with Gasteiger partial charge in [0, 0.05) is 109 Å². The smallest absolute Gasteiger partial charge is 0.306 e. The molecule has 0 spiro atoms. The number of rotatable bonds is 57. The zero-order chi connectivity index (χ0) is 61.1. The number of ether oxygens (including phenoxy) is 5. The number of hydrogen-bond donors (Lipinski definition) is 4. The van der Waals surface area contributed by atoms with E-state index >= 15 is 0 Å². The summed E-state index contributed by atoms with van der Waals surface area (Å²) in [7, 11) is 3.80. The van der Waals surface area contributed by atoms with E-state index in [0.717, 1.165) is 147 Å². The van der Waals surface area contributed by atoms with Crippen LogP contribution in [0.25, 0.3) is 0 Å². The van der Waals surface area contributed by atoms with Crippen LogP contribution in [0.2, 0.25) is 0 Å². The fraction of sp³-hybridized carbons (Fsp3) is 0.889. The summed E-state index contributed by atoms with van der Waals surface area (Å²) in [6.07, 6.45) is 19.1. The van der Waals surface area contributed by atoms with Crippen LogP contribution in [0.4, 0.5) is 0 Å². The highest BCUT2D eigenvalue weighted by Gasteiger charge is 2.20. The van der Waals surface area contributed by atoms with E-state index < -0.39 is 24.4 Å². The van der Waals surface area contributed by atoms with E-state index in [9.17, 15) is 44.4 Å². The molecule has 4 atom stereocenters. The van der Waals surface area contributed by atoms with Crippen molar-refractivity contribution in [3.05, 3.63) is 12.7 Å². The van der Waals surface area contributed by atoms with E-state index in [2.05, 4.69) is 33.1 Å². The zero-order valence-electron chi connectivity index (χ0n) is 52.5. The first-order valence-corrected chi connectivity index (χ1v) is 34.8. The van der Waals surface area contributed by atoms with Gasteiger partial charge in [0.05, 0.1) is 49.8 Å². The first-order chi connectivity index (χ1) is 40.0. The van der Waals surface area contributed by atoms with Crippen molar-refractivity contribution in [3.63, 3.8) is 0 Å². The van der Waals surface area contributed by atoms with Crippen LogP contribution in [0.5, 0.6) is 0 Å². The molecule has 1 aliphatic heterocycles. The largest absolute Gasteiger partial charge is 0.466 e. The number of unbranched alkanes of at least 4 members (excludes halogenated alkanes) is 11. The van der Waals surface area contributed by atoms with Gasteiger partial charge in [-0.05, 0) is 131 Å². The molecule has 0 aromatic carbocycles. The Morgan fingerprint density at radius 1 is 0.458 bits per heavy atom. The highest BCUT2D eigenvalue weighted by molar-refractivity contribution is 8.76. The molecule has 0 bridgehead atoms. The average molecular weight is 1220 g/mol. The molecule has 1 rings (SSSR count). The lowest BCUT2D eigenvalue weighted by Gasteiger charge is -2.34. The second-order valence-corrected chi connectivity index (χ2v) is 25.9. The predicted molar refractivity (Wildman–Crippen MR) is 335 cm³/mol. The summed E-state index contributed by atoms with van der Waals surface area (Å²) in [5.74, 6) is 1.12. The SMILES string of the molecule is C=CCCOC(=O)CCCCCCC(O)CN(CCCCC(=O)OCCN1CCN(CCSSCCCCN(CC(O)CCCCC(=O)OC(C)C)CC(O)CCCCC(=O)OC(C)C)CC1)CC(O)CCCCCCC(=O)OCCCC. The van der Waals surface area contributed by atoms with Crippen LogP contribution in [0.15, 0.2) is 12.7 Å². The molecular weight excluding hydrogens is 1100 g/mol. The lowest BCUT2D eigenvalue weighted by Crippen LogP contribution is -2.47. The minimum absolute atomic E-state index is 0.135. The molecule has 0 amide bonds. The van der Waals surface area contributed by atoms with E-state index in [-0.39, 0.29) is 42.1 Å². The van der Waals surface area contributed by atoms with Gasteiger partial charge in [0.1, 0.15) is 6.61 Å². The summed E-state index contributed by atoms with van der Waals surface area (Å²) < 4.78 is 26.5. The topological polar surface area (TPSA) is 225 Å². The highest BCUT2D eigenvalue weighted by Crippen LogP contribution is 2.23. The molecule has 0 saturated carbocycles. The number of nitrogens with zero attached hydrogens (tertiary/aromatic N) is 4. The molecule has 1 aliphatic rings. The summed E-state index contributed by atoms with van der Waals surface area (Å²) in [6, 6.07) is 0. The van der Waals surface area contributed by atoms with Gasteiger partial charge >= 0.3 is 29.8 Å². The van der Waals surface area contributed by atoms with Gasteiger partial charge in [0.2, 0.25) is 0 Å². The molecule has 0 aromatic heterocycles. The molecule has 4 unspecified atom stereocenters. The second kappa shape index (κ2) is 53.7. The van der Waals surface area contributed by atoms with Crippen LogP contribution in [0, 0.1) is 0 Å². The maximum absolute atomic E-state index is 12.8. The van der Waals surface area contributed by atoms with Crippen molar-refractivity contribution in [2.45, 2.75) is 251 Å². The Balaban J connectivity index is 2.40. The minimum Gasteiger partial charge on any atom is -0.466 e. The van der Waals surface area contributed by atoms with Crippen LogP contribution in [0.1, 0.15) is 214 Å². The molecule has 1 fully saturated rings. The van der Waals surface area contributed by atoms with E-state index in [1.807, 2.05) is 49.3 Å². The predicted octanol–water partition coefficient (Wildman–Crippen LogP) is 9.69. The standard InChI is InChI=1S/C63H118N4O14S2/c1-7-9-44-77-59(72)31-17-13-11-15-27-55(68)49-66(50-56(69)28-16-12-14-18-32-60(73)78-45-10-8-2)36-24-23-33-61(74)79-46-42-64-38-40-65(41-39-64)43-48-83-82-47-26-25-37-67(51-57(70)29-19-21-34-62(75)80-53(3)4)52-58(71)30-20-22-35-63(76)81-54(5)6/h7,53-58,68-71H,1,8-52H2,2-6H3. The van der Waals surface area contributed by atoms with E-state index in [1.165, 1.54) is 0 Å². The van der Waals surface area contributed by atoms with Crippen molar-refractivity contribution in [1.82, 2.24) is 19.6 Å². The Morgan fingerprint density at radius 3 is 1.27 bits per heavy atom. The number of esters is 5.